The molecule has 0 spiro atoms. The van der Waals surface area contributed by atoms with Crippen molar-refractivity contribution >= 4 is 11.7 Å². The van der Waals surface area contributed by atoms with Crippen molar-refractivity contribution < 1.29 is 9.72 Å². The maximum absolute atomic E-state index is 10.9. The summed E-state index contributed by atoms with van der Waals surface area (Å²) in [5, 5.41) is 19.2. The van der Waals surface area contributed by atoms with Crippen LogP contribution in [0.3, 0.4) is 0 Å². The zero-order valence-corrected chi connectivity index (χ0v) is 7.80. The molecular weight excluding hydrogens is 202 g/mol. The molecule has 0 atom stereocenters. The second-order valence-electron chi connectivity index (χ2n) is 2.59. The van der Waals surface area contributed by atoms with Crippen LogP contribution >= 0.6 is 0 Å². The van der Waals surface area contributed by atoms with Gasteiger partial charge in [0.2, 0.25) is 5.69 Å². The molecule has 0 saturated heterocycles. The number of nitriles is 1. The van der Waals surface area contributed by atoms with Crippen molar-refractivity contribution in [3.05, 3.63) is 21.6 Å². The summed E-state index contributed by atoms with van der Waals surface area (Å²) in [6.45, 7) is 1.83. The van der Waals surface area contributed by atoms with E-state index in [2.05, 4.69) is 4.98 Å². The molecule has 0 aliphatic rings. The van der Waals surface area contributed by atoms with Gasteiger partial charge in [-0.15, -0.1) is 0 Å². The molecule has 0 saturated carbocycles. The van der Waals surface area contributed by atoms with Gasteiger partial charge in [-0.1, -0.05) is 0 Å². The fourth-order valence-electron chi connectivity index (χ4n) is 1.17. The second-order valence-corrected chi connectivity index (χ2v) is 2.59. The van der Waals surface area contributed by atoms with E-state index in [9.17, 15) is 14.9 Å². The standard InChI is InChI=1S/C7H7N5O3/c1-2-11-4(3-8)6(12(14)15)10-7(11)5(9)13/h2H2,1H3,(H2,9,13). The minimum absolute atomic E-state index is 0.210. The Balaban J connectivity index is 3.53. The SMILES string of the molecule is CCn1c(C(N)=O)nc([N+](=O)[O-])c1C#N. The lowest BCUT2D eigenvalue weighted by molar-refractivity contribution is -0.389. The number of aromatic nitrogens is 2. The molecule has 8 heteroatoms. The lowest BCUT2D eigenvalue weighted by Crippen LogP contribution is -2.18. The first-order valence-corrected chi connectivity index (χ1v) is 3.97. The van der Waals surface area contributed by atoms with E-state index < -0.39 is 16.6 Å². The highest BCUT2D eigenvalue weighted by Gasteiger charge is 2.29. The van der Waals surface area contributed by atoms with Crippen LogP contribution in [-0.4, -0.2) is 20.4 Å². The van der Waals surface area contributed by atoms with Gasteiger partial charge in [0.25, 0.3) is 0 Å². The molecule has 0 unspecified atom stereocenters. The van der Waals surface area contributed by atoms with Crippen molar-refractivity contribution in [3.8, 4) is 6.07 Å². The van der Waals surface area contributed by atoms with Crippen LogP contribution in [0.15, 0.2) is 0 Å². The van der Waals surface area contributed by atoms with Gasteiger partial charge in [0, 0.05) is 6.54 Å². The van der Waals surface area contributed by atoms with Crippen LogP contribution in [0.25, 0.3) is 0 Å². The van der Waals surface area contributed by atoms with Gasteiger partial charge in [0.15, 0.2) is 0 Å². The zero-order chi connectivity index (χ0) is 11.6. The first-order chi connectivity index (χ1) is 7.02. The van der Waals surface area contributed by atoms with Crippen LogP contribution in [0.5, 0.6) is 0 Å². The Morgan fingerprint density at radius 2 is 2.40 bits per heavy atom. The smallest absolute Gasteiger partial charge is 0.361 e. The van der Waals surface area contributed by atoms with Crippen molar-refractivity contribution in [3.63, 3.8) is 0 Å². The molecule has 8 nitrogen and oxygen atoms in total. The van der Waals surface area contributed by atoms with Crippen molar-refractivity contribution in [2.75, 3.05) is 0 Å². The molecule has 78 valence electrons. The Bertz CT molecular complexity index is 470. The number of rotatable bonds is 3. The number of primary amides is 1. The maximum atomic E-state index is 10.9. The molecule has 0 aliphatic heterocycles. The average molecular weight is 209 g/mol. The molecule has 0 fully saturated rings. The van der Waals surface area contributed by atoms with Crippen LogP contribution in [-0.2, 0) is 6.54 Å². The largest absolute Gasteiger partial charge is 0.401 e. The van der Waals surface area contributed by atoms with E-state index in [1.807, 2.05) is 0 Å². The summed E-state index contributed by atoms with van der Waals surface area (Å²) in [6.07, 6.45) is 0. The quantitative estimate of drug-likeness (QED) is 0.543. The minimum atomic E-state index is -0.901. The van der Waals surface area contributed by atoms with Gasteiger partial charge in [-0.3, -0.25) is 9.36 Å². The number of hydrogen-bond donors (Lipinski definition) is 1. The van der Waals surface area contributed by atoms with Crippen LogP contribution in [0.1, 0.15) is 23.2 Å². The van der Waals surface area contributed by atoms with Gasteiger partial charge < -0.3 is 15.8 Å². The van der Waals surface area contributed by atoms with E-state index in [1.54, 1.807) is 13.0 Å². The molecule has 2 N–H and O–H groups in total. The number of nitro groups is 1. The molecule has 1 amide bonds. The number of carbonyl (C=O) groups excluding carboxylic acids is 1. The molecule has 0 aliphatic carbocycles. The summed E-state index contributed by atoms with van der Waals surface area (Å²) in [7, 11) is 0. The van der Waals surface area contributed by atoms with Gasteiger partial charge in [0.1, 0.15) is 6.07 Å². The number of carbonyl (C=O) groups is 1. The first-order valence-electron chi connectivity index (χ1n) is 3.97. The van der Waals surface area contributed by atoms with Crippen molar-refractivity contribution in [1.29, 1.82) is 5.26 Å². The Morgan fingerprint density at radius 3 is 2.73 bits per heavy atom. The van der Waals surface area contributed by atoms with Crippen LogP contribution in [0.2, 0.25) is 0 Å². The lowest BCUT2D eigenvalue weighted by Gasteiger charge is -1.97. The van der Waals surface area contributed by atoms with Gasteiger partial charge in [-0.2, -0.15) is 5.26 Å². The third-order valence-corrected chi connectivity index (χ3v) is 1.76. The normalized spacial score (nSPS) is 9.60. The lowest BCUT2D eigenvalue weighted by atomic mass is 10.4. The number of amides is 1. The molecule has 1 aromatic rings. The Labute approximate surface area is 84.1 Å². The molecule has 1 aromatic heterocycles. The number of hydrogen-bond acceptors (Lipinski definition) is 5. The van der Waals surface area contributed by atoms with Crippen molar-refractivity contribution in [2.24, 2.45) is 5.73 Å². The molecule has 1 rings (SSSR count). The number of nitrogens with zero attached hydrogens (tertiary/aromatic N) is 4. The Kier molecular flexibility index (Phi) is 2.66. The highest BCUT2D eigenvalue weighted by molar-refractivity contribution is 5.90. The topological polar surface area (TPSA) is 128 Å². The third-order valence-electron chi connectivity index (χ3n) is 1.76. The fourth-order valence-corrected chi connectivity index (χ4v) is 1.17. The summed E-state index contributed by atoms with van der Waals surface area (Å²) >= 11 is 0. The summed E-state index contributed by atoms with van der Waals surface area (Å²) in [4.78, 5) is 24.0. The molecule has 0 bridgehead atoms. The van der Waals surface area contributed by atoms with E-state index >= 15 is 0 Å². The fraction of sp³-hybridized carbons (Fsp3) is 0.286. The van der Waals surface area contributed by atoms with Gasteiger partial charge >= 0.3 is 17.5 Å². The molecule has 15 heavy (non-hydrogen) atoms. The second kappa shape index (κ2) is 3.75. The first kappa shape index (κ1) is 10.6. The molecular formula is C7H7N5O3. The van der Waals surface area contributed by atoms with E-state index in [0.29, 0.717) is 0 Å². The summed E-state index contributed by atoms with van der Waals surface area (Å²) in [6, 6.07) is 1.62. The predicted molar refractivity (Wildman–Crippen MR) is 47.8 cm³/mol. The zero-order valence-electron chi connectivity index (χ0n) is 7.80. The van der Waals surface area contributed by atoms with E-state index in [0.717, 1.165) is 4.57 Å². The van der Waals surface area contributed by atoms with Crippen LogP contribution < -0.4 is 5.73 Å². The van der Waals surface area contributed by atoms with E-state index in [1.165, 1.54) is 0 Å². The third kappa shape index (κ3) is 1.62. The highest BCUT2D eigenvalue weighted by Crippen LogP contribution is 2.18. The Morgan fingerprint density at radius 1 is 1.80 bits per heavy atom. The minimum Gasteiger partial charge on any atom is -0.361 e. The predicted octanol–water partition coefficient (Wildman–Crippen LogP) is -0.218. The summed E-state index contributed by atoms with van der Waals surface area (Å²) in [5.41, 5.74) is 4.71. The van der Waals surface area contributed by atoms with Gasteiger partial charge in [-0.25, -0.2) is 0 Å². The average Bonchev–Trinajstić information content (AvgIpc) is 2.55. The van der Waals surface area contributed by atoms with Crippen molar-refractivity contribution in [2.45, 2.75) is 13.5 Å². The monoisotopic (exact) mass is 209 g/mol. The maximum Gasteiger partial charge on any atom is 0.401 e. The van der Waals surface area contributed by atoms with Crippen LogP contribution in [0, 0.1) is 21.4 Å². The number of imidazole rings is 1. The van der Waals surface area contributed by atoms with Gasteiger partial charge in [0.05, 0.1) is 0 Å². The molecule has 1 heterocycles. The van der Waals surface area contributed by atoms with Crippen LogP contribution in [0.4, 0.5) is 5.82 Å². The summed E-state index contributed by atoms with van der Waals surface area (Å²) < 4.78 is 1.11. The van der Waals surface area contributed by atoms with Gasteiger partial charge in [-0.05, 0) is 16.8 Å². The Hall–Kier alpha value is -2.43. The summed E-state index contributed by atoms with van der Waals surface area (Å²) in [5.74, 6) is -1.82. The highest BCUT2D eigenvalue weighted by atomic mass is 16.6. The number of nitrogens with two attached hydrogens (primary N) is 1. The van der Waals surface area contributed by atoms with E-state index in [4.69, 9.17) is 11.0 Å². The van der Waals surface area contributed by atoms with E-state index in [-0.39, 0.29) is 18.1 Å². The molecule has 0 radical (unpaired) electrons. The molecule has 0 aromatic carbocycles. The van der Waals surface area contributed by atoms with Crippen molar-refractivity contribution in [1.82, 2.24) is 9.55 Å².